The molecule has 21 heavy (non-hydrogen) atoms. The average Bonchev–Trinajstić information content (AvgIpc) is 2.55. The van der Waals surface area contributed by atoms with Crippen LogP contribution in [0.15, 0.2) is 54.6 Å². The van der Waals surface area contributed by atoms with Crippen molar-refractivity contribution in [2.75, 3.05) is 6.54 Å². The lowest BCUT2D eigenvalue weighted by atomic mass is 10.0. The van der Waals surface area contributed by atoms with E-state index < -0.39 is 4.92 Å². The zero-order valence-electron chi connectivity index (χ0n) is 11.9. The van der Waals surface area contributed by atoms with Crippen molar-refractivity contribution < 1.29 is 9.72 Å². The number of ketones is 1. The summed E-state index contributed by atoms with van der Waals surface area (Å²) in [5.41, 5.74) is 5.42. The highest BCUT2D eigenvalue weighted by molar-refractivity contribution is 6.11. The van der Waals surface area contributed by atoms with Crippen LogP contribution in [0.5, 0.6) is 0 Å². The zero-order valence-corrected chi connectivity index (χ0v) is 11.9. The maximum absolute atomic E-state index is 12.1. The van der Waals surface area contributed by atoms with Crippen molar-refractivity contribution in [3.05, 3.63) is 75.8 Å². The number of nitro groups is 1. The predicted molar refractivity (Wildman–Crippen MR) is 82.3 cm³/mol. The van der Waals surface area contributed by atoms with Crippen molar-refractivity contribution >= 4 is 11.5 Å². The second kappa shape index (κ2) is 8.60. The summed E-state index contributed by atoms with van der Waals surface area (Å²) in [5.74, 6) is -0.335. The van der Waals surface area contributed by atoms with Crippen molar-refractivity contribution in [1.82, 2.24) is 0 Å². The Morgan fingerprint density at radius 2 is 1.62 bits per heavy atom. The lowest BCUT2D eigenvalue weighted by molar-refractivity contribution is -0.385. The van der Waals surface area contributed by atoms with Crippen LogP contribution in [-0.4, -0.2) is 17.3 Å². The fraction of sp³-hybridized carbons (Fsp3) is 0.188. The largest absolute Gasteiger partial charge is 0.330 e. The molecule has 0 aliphatic heterocycles. The van der Waals surface area contributed by atoms with E-state index in [0.29, 0.717) is 5.56 Å². The summed E-state index contributed by atoms with van der Waals surface area (Å²) in [6, 6.07) is 14.5. The van der Waals surface area contributed by atoms with Gasteiger partial charge in [-0.15, -0.1) is 0 Å². The number of benzene rings is 2. The third-order valence-electron chi connectivity index (χ3n) is 2.67. The monoisotopic (exact) mass is 286 g/mol. The molecular formula is C16H18N2O3. The van der Waals surface area contributed by atoms with Gasteiger partial charge in [-0.25, -0.2) is 0 Å². The zero-order chi connectivity index (χ0) is 15.7. The molecule has 0 unspecified atom stereocenters. The van der Waals surface area contributed by atoms with Gasteiger partial charge in [0.15, 0.2) is 5.78 Å². The first-order valence-corrected chi connectivity index (χ1v) is 6.65. The number of carbonyl (C=O) groups excluding carboxylic acids is 1. The summed E-state index contributed by atoms with van der Waals surface area (Å²) in [5, 5.41) is 10.8. The Kier molecular flexibility index (Phi) is 6.77. The molecule has 0 radical (unpaired) electrons. The number of hydrogen-bond acceptors (Lipinski definition) is 4. The van der Waals surface area contributed by atoms with E-state index in [4.69, 9.17) is 5.73 Å². The van der Waals surface area contributed by atoms with Gasteiger partial charge in [0.05, 0.1) is 4.92 Å². The molecule has 5 heteroatoms. The molecule has 110 valence electrons. The minimum atomic E-state index is -0.545. The van der Waals surface area contributed by atoms with Crippen LogP contribution in [0.25, 0.3) is 0 Å². The summed E-state index contributed by atoms with van der Waals surface area (Å²) in [4.78, 5) is 22.3. The van der Waals surface area contributed by atoms with Crippen LogP contribution >= 0.6 is 0 Å². The first kappa shape index (κ1) is 16.5. The molecule has 2 rings (SSSR count). The Bertz CT molecular complexity index is 595. The highest BCUT2D eigenvalue weighted by Gasteiger charge is 2.19. The molecule has 0 heterocycles. The number of nitrogens with two attached hydrogens (primary N) is 1. The van der Waals surface area contributed by atoms with Gasteiger partial charge in [-0.05, 0) is 19.0 Å². The van der Waals surface area contributed by atoms with Crippen molar-refractivity contribution in [2.45, 2.75) is 13.3 Å². The van der Waals surface area contributed by atoms with E-state index in [1.807, 2.05) is 0 Å². The quantitative estimate of drug-likeness (QED) is 0.531. The Balaban J connectivity index is 0.000000491. The third kappa shape index (κ3) is 4.81. The van der Waals surface area contributed by atoms with Gasteiger partial charge in [-0.1, -0.05) is 49.4 Å². The summed E-state index contributed by atoms with van der Waals surface area (Å²) in [6.07, 6.45) is 1.10. The number of para-hydroxylation sites is 1. The van der Waals surface area contributed by atoms with Crippen LogP contribution in [-0.2, 0) is 0 Å². The highest BCUT2D eigenvalue weighted by Crippen LogP contribution is 2.20. The molecular weight excluding hydrogens is 268 g/mol. The number of nitro benzene ring substituents is 1. The lowest BCUT2D eigenvalue weighted by Crippen LogP contribution is -2.04. The normalized spacial score (nSPS) is 9.43. The van der Waals surface area contributed by atoms with Gasteiger partial charge < -0.3 is 5.73 Å². The van der Waals surface area contributed by atoms with Gasteiger partial charge in [-0.3, -0.25) is 14.9 Å². The number of rotatable bonds is 4. The number of nitrogens with zero attached hydrogens (tertiary/aromatic N) is 1. The predicted octanol–water partition coefficient (Wildman–Crippen LogP) is 3.18. The third-order valence-corrected chi connectivity index (χ3v) is 2.67. The fourth-order valence-corrected chi connectivity index (χ4v) is 1.57. The smallest absolute Gasteiger partial charge is 0.280 e. The van der Waals surface area contributed by atoms with E-state index in [-0.39, 0.29) is 17.0 Å². The van der Waals surface area contributed by atoms with Gasteiger partial charge in [0.2, 0.25) is 0 Å². The van der Waals surface area contributed by atoms with Crippen LogP contribution in [0, 0.1) is 10.1 Å². The van der Waals surface area contributed by atoms with E-state index in [1.54, 1.807) is 42.5 Å². The average molecular weight is 286 g/mol. The first-order valence-electron chi connectivity index (χ1n) is 6.65. The van der Waals surface area contributed by atoms with Gasteiger partial charge in [-0.2, -0.15) is 0 Å². The molecule has 0 atom stereocenters. The molecule has 0 aliphatic carbocycles. The van der Waals surface area contributed by atoms with Crippen LogP contribution in [0.1, 0.15) is 29.3 Å². The summed E-state index contributed by atoms with van der Waals surface area (Å²) in [6.45, 7) is 2.88. The van der Waals surface area contributed by atoms with Gasteiger partial charge in [0.1, 0.15) is 5.56 Å². The highest BCUT2D eigenvalue weighted by atomic mass is 16.6. The molecule has 0 bridgehead atoms. The molecule has 0 saturated carbocycles. The SMILES string of the molecule is CCCN.O=C(c1ccccc1)c1ccccc1[N+](=O)[O-]. The van der Waals surface area contributed by atoms with Gasteiger partial charge in [0.25, 0.3) is 5.69 Å². The van der Waals surface area contributed by atoms with E-state index in [0.717, 1.165) is 13.0 Å². The summed E-state index contributed by atoms with van der Waals surface area (Å²) in [7, 11) is 0. The molecule has 0 amide bonds. The first-order chi connectivity index (χ1) is 10.1. The molecule has 0 spiro atoms. The summed E-state index contributed by atoms with van der Waals surface area (Å²) >= 11 is 0. The minimum absolute atomic E-state index is 0.115. The molecule has 0 aromatic heterocycles. The van der Waals surface area contributed by atoms with Crippen molar-refractivity contribution in [3.8, 4) is 0 Å². The van der Waals surface area contributed by atoms with E-state index in [2.05, 4.69) is 6.92 Å². The van der Waals surface area contributed by atoms with Crippen LogP contribution < -0.4 is 5.73 Å². The Labute approximate surface area is 123 Å². The lowest BCUT2D eigenvalue weighted by Gasteiger charge is -2.01. The van der Waals surface area contributed by atoms with E-state index in [9.17, 15) is 14.9 Å². The van der Waals surface area contributed by atoms with Crippen molar-refractivity contribution in [1.29, 1.82) is 0 Å². The molecule has 0 saturated heterocycles. The standard InChI is InChI=1S/C13H9NO3.C3H9N/c15-13(10-6-2-1-3-7-10)11-8-4-5-9-12(11)14(16)17;1-2-3-4/h1-9H;2-4H2,1H3. The summed E-state index contributed by atoms with van der Waals surface area (Å²) < 4.78 is 0. The Morgan fingerprint density at radius 3 is 2.14 bits per heavy atom. The van der Waals surface area contributed by atoms with E-state index >= 15 is 0 Å². The maximum Gasteiger partial charge on any atom is 0.280 e. The van der Waals surface area contributed by atoms with Crippen LogP contribution in [0.4, 0.5) is 5.69 Å². The van der Waals surface area contributed by atoms with Crippen molar-refractivity contribution in [2.24, 2.45) is 5.73 Å². The fourth-order valence-electron chi connectivity index (χ4n) is 1.57. The molecule has 0 fully saturated rings. The van der Waals surface area contributed by atoms with Crippen LogP contribution in [0.3, 0.4) is 0 Å². The number of hydrogen-bond donors (Lipinski definition) is 1. The Morgan fingerprint density at radius 1 is 1.10 bits per heavy atom. The maximum atomic E-state index is 12.1. The minimum Gasteiger partial charge on any atom is -0.330 e. The van der Waals surface area contributed by atoms with Gasteiger partial charge in [0, 0.05) is 11.6 Å². The van der Waals surface area contributed by atoms with Crippen molar-refractivity contribution in [3.63, 3.8) is 0 Å². The molecule has 2 N–H and O–H groups in total. The second-order valence-corrected chi connectivity index (χ2v) is 4.26. The molecule has 0 aliphatic rings. The van der Waals surface area contributed by atoms with Gasteiger partial charge >= 0.3 is 0 Å². The number of carbonyl (C=O) groups is 1. The molecule has 2 aromatic carbocycles. The topological polar surface area (TPSA) is 86.2 Å². The van der Waals surface area contributed by atoms with Crippen LogP contribution in [0.2, 0.25) is 0 Å². The Hall–Kier alpha value is -2.53. The molecule has 5 nitrogen and oxygen atoms in total. The van der Waals surface area contributed by atoms with E-state index in [1.165, 1.54) is 12.1 Å². The second-order valence-electron chi connectivity index (χ2n) is 4.26. The molecule has 2 aromatic rings.